The molecular weight excluding hydrogens is 280 g/mol. The molecule has 0 spiro atoms. The Kier molecular flexibility index (Phi) is 4.45. The summed E-state index contributed by atoms with van der Waals surface area (Å²) in [5.74, 6) is 1.09. The van der Waals surface area contributed by atoms with E-state index in [4.69, 9.17) is 0 Å². The van der Waals surface area contributed by atoms with Crippen LogP contribution in [0.3, 0.4) is 0 Å². The molecule has 2 aliphatic heterocycles. The van der Waals surface area contributed by atoms with Gasteiger partial charge in [-0.3, -0.25) is 9.59 Å². The maximum atomic E-state index is 12.6. The van der Waals surface area contributed by atoms with Crippen LogP contribution in [-0.4, -0.2) is 47.2 Å². The van der Waals surface area contributed by atoms with Crippen LogP contribution >= 0.6 is 0 Å². The van der Waals surface area contributed by atoms with Gasteiger partial charge >= 0.3 is 0 Å². The van der Waals surface area contributed by atoms with Crippen molar-refractivity contribution in [1.82, 2.24) is 15.1 Å². The van der Waals surface area contributed by atoms with E-state index in [1.54, 1.807) is 12.3 Å². The molecule has 0 saturated carbocycles. The van der Waals surface area contributed by atoms with E-state index in [1.807, 2.05) is 0 Å². The monoisotopic (exact) mass is 304 g/mol. The average molecular weight is 304 g/mol. The Bertz CT molecular complexity index is 578. The highest BCUT2D eigenvalue weighted by molar-refractivity contribution is 5.79. The maximum Gasteiger partial charge on any atom is 0.266 e. The van der Waals surface area contributed by atoms with Gasteiger partial charge in [-0.1, -0.05) is 6.92 Å². The van der Waals surface area contributed by atoms with E-state index in [1.165, 1.54) is 6.42 Å². The Hall–Kier alpha value is -1.85. The minimum atomic E-state index is -0.182. The summed E-state index contributed by atoms with van der Waals surface area (Å²) in [6.07, 6.45) is 5.75. The van der Waals surface area contributed by atoms with Gasteiger partial charge in [-0.05, 0) is 31.6 Å². The highest BCUT2D eigenvalue weighted by atomic mass is 16.2. The van der Waals surface area contributed by atoms with E-state index in [-0.39, 0.29) is 11.5 Å². The SMILES string of the molecule is CC1CCCN(C(=O)C2CCN(c3cn[nH]c(=O)c3)CC2)C1. The van der Waals surface area contributed by atoms with Crippen molar-refractivity contribution in [3.8, 4) is 0 Å². The number of nitrogens with one attached hydrogen (secondary N) is 1. The van der Waals surface area contributed by atoms with Crippen molar-refractivity contribution in [3.63, 3.8) is 0 Å². The van der Waals surface area contributed by atoms with Crippen molar-refractivity contribution in [2.75, 3.05) is 31.1 Å². The zero-order chi connectivity index (χ0) is 15.5. The number of carbonyl (C=O) groups excluding carboxylic acids is 1. The fourth-order valence-electron chi connectivity index (χ4n) is 3.57. The van der Waals surface area contributed by atoms with Crippen LogP contribution in [0.5, 0.6) is 0 Å². The minimum absolute atomic E-state index is 0.136. The first-order valence-electron chi connectivity index (χ1n) is 8.22. The molecule has 6 nitrogen and oxygen atoms in total. The van der Waals surface area contributed by atoms with Crippen LogP contribution in [0.25, 0.3) is 0 Å². The second-order valence-electron chi connectivity index (χ2n) is 6.60. The van der Waals surface area contributed by atoms with Gasteiger partial charge in [0.05, 0.1) is 11.9 Å². The molecule has 3 heterocycles. The van der Waals surface area contributed by atoms with Crippen molar-refractivity contribution in [2.45, 2.75) is 32.6 Å². The molecule has 0 aliphatic carbocycles. The maximum absolute atomic E-state index is 12.6. The molecule has 3 rings (SSSR count). The Balaban J connectivity index is 1.57. The molecule has 1 aromatic rings. The largest absolute Gasteiger partial charge is 0.370 e. The number of nitrogens with zero attached hydrogens (tertiary/aromatic N) is 3. The van der Waals surface area contributed by atoms with E-state index in [0.29, 0.717) is 11.8 Å². The minimum Gasteiger partial charge on any atom is -0.370 e. The lowest BCUT2D eigenvalue weighted by Crippen LogP contribution is -2.46. The molecule has 6 heteroatoms. The molecule has 1 unspecified atom stereocenters. The van der Waals surface area contributed by atoms with Gasteiger partial charge in [-0.2, -0.15) is 5.10 Å². The van der Waals surface area contributed by atoms with Crippen molar-refractivity contribution in [2.24, 2.45) is 11.8 Å². The topological polar surface area (TPSA) is 69.3 Å². The van der Waals surface area contributed by atoms with Crippen LogP contribution in [0.15, 0.2) is 17.1 Å². The predicted molar refractivity (Wildman–Crippen MR) is 84.8 cm³/mol. The number of amides is 1. The van der Waals surface area contributed by atoms with Gasteiger partial charge in [-0.25, -0.2) is 5.10 Å². The molecule has 1 amide bonds. The van der Waals surface area contributed by atoms with Crippen molar-refractivity contribution >= 4 is 11.6 Å². The second-order valence-corrected chi connectivity index (χ2v) is 6.60. The average Bonchev–Trinajstić information content (AvgIpc) is 2.54. The van der Waals surface area contributed by atoms with Crippen molar-refractivity contribution < 1.29 is 4.79 Å². The number of H-pyrrole nitrogens is 1. The van der Waals surface area contributed by atoms with Crippen LogP contribution in [0.2, 0.25) is 0 Å². The fraction of sp³-hybridized carbons (Fsp3) is 0.688. The van der Waals surface area contributed by atoms with Gasteiger partial charge in [0.25, 0.3) is 5.56 Å². The highest BCUT2D eigenvalue weighted by Gasteiger charge is 2.30. The highest BCUT2D eigenvalue weighted by Crippen LogP contribution is 2.25. The van der Waals surface area contributed by atoms with E-state index in [9.17, 15) is 9.59 Å². The third-order valence-corrected chi connectivity index (χ3v) is 4.83. The lowest BCUT2D eigenvalue weighted by atomic mass is 9.92. The van der Waals surface area contributed by atoms with E-state index in [2.05, 4.69) is 26.9 Å². The summed E-state index contributed by atoms with van der Waals surface area (Å²) in [5.41, 5.74) is 0.666. The van der Waals surface area contributed by atoms with E-state index in [0.717, 1.165) is 51.1 Å². The molecule has 0 aromatic carbocycles. The first-order chi connectivity index (χ1) is 10.6. The molecule has 22 heavy (non-hydrogen) atoms. The first-order valence-corrected chi connectivity index (χ1v) is 8.22. The Labute approximate surface area is 130 Å². The third kappa shape index (κ3) is 3.31. The second kappa shape index (κ2) is 6.50. The lowest BCUT2D eigenvalue weighted by molar-refractivity contribution is -0.137. The Morgan fingerprint density at radius 2 is 2.05 bits per heavy atom. The molecule has 1 N–H and O–H groups in total. The summed E-state index contributed by atoms with van der Waals surface area (Å²) >= 11 is 0. The molecule has 0 bridgehead atoms. The van der Waals surface area contributed by atoms with Crippen LogP contribution in [0, 0.1) is 11.8 Å². The van der Waals surface area contributed by atoms with Crippen LogP contribution in [-0.2, 0) is 4.79 Å². The summed E-state index contributed by atoms with van der Waals surface area (Å²) in [6.45, 7) is 5.68. The summed E-state index contributed by atoms with van der Waals surface area (Å²) < 4.78 is 0. The number of likely N-dealkylation sites (tertiary alicyclic amines) is 1. The molecular formula is C16H24N4O2. The fourth-order valence-corrected chi connectivity index (χ4v) is 3.57. The Morgan fingerprint density at radius 3 is 2.73 bits per heavy atom. The first kappa shape index (κ1) is 15.1. The third-order valence-electron chi connectivity index (χ3n) is 4.83. The summed E-state index contributed by atoms with van der Waals surface area (Å²) in [7, 11) is 0. The quantitative estimate of drug-likeness (QED) is 0.892. The summed E-state index contributed by atoms with van der Waals surface area (Å²) in [6, 6.07) is 1.57. The lowest BCUT2D eigenvalue weighted by Gasteiger charge is -2.37. The number of aromatic nitrogens is 2. The zero-order valence-electron chi connectivity index (χ0n) is 13.1. The van der Waals surface area contributed by atoms with Crippen LogP contribution in [0.4, 0.5) is 5.69 Å². The van der Waals surface area contributed by atoms with E-state index < -0.39 is 0 Å². The number of piperidine rings is 2. The van der Waals surface area contributed by atoms with Gasteiger partial charge in [-0.15, -0.1) is 0 Å². The Morgan fingerprint density at radius 1 is 1.27 bits per heavy atom. The van der Waals surface area contributed by atoms with Gasteiger partial charge in [0.2, 0.25) is 5.91 Å². The number of anilines is 1. The van der Waals surface area contributed by atoms with Gasteiger partial charge in [0, 0.05) is 38.2 Å². The standard InChI is InChI=1S/C16H24N4O2/c1-12-3-2-6-20(11-12)16(22)13-4-7-19(8-5-13)14-9-15(21)18-17-10-14/h9-10,12-13H,2-8,11H2,1H3,(H,18,21). The number of aromatic amines is 1. The molecule has 1 atom stereocenters. The number of rotatable bonds is 2. The summed E-state index contributed by atoms with van der Waals surface area (Å²) in [4.78, 5) is 28.2. The summed E-state index contributed by atoms with van der Waals surface area (Å²) in [5, 5.41) is 6.23. The van der Waals surface area contributed by atoms with Crippen molar-refractivity contribution in [1.29, 1.82) is 0 Å². The molecule has 2 aliphatic rings. The normalized spacial score (nSPS) is 23.6. The van der Waals surface area contributed by atoms with Crippen molar-refractivity contribution in [3.05, 3.63) is 22.6 Å². The van der Waals surface area contributed by atoms with Gasteiger partial charge in [0.1, 0.15) is 0 Å². The zero-order valence-corrected chi connectivity index (χ0v) is 13.1. The number of hydrogen-bond donors (Lipinski definition) is 1. The van der Waals surface area contributed by atoms with Crippen LogP contribution in [0.1, 0.15) is 32.6 Å². The molecule has 2 saturated heterocycles. The number of hydrogen-bond acceptors (Lipinski definition) is 4. The molecule has 2 fully saturated rings. The predicted octanol–water partition coefficient (Wildman–Crippen LogP) is 1.24. The smallest absolute Gasteiger partial charge is 0.266 e. The molecule has 0 radical (unpaired) electrons. The van der Waals surface area contributed by atoms with E-state index >= 15 is 0 Å². The number of carbonyl (C=O) groups is 1. The van der Waals surface area contributed by atoms with Crippen LogP contribution < -0.4 is 10.5 Å². The van der Waals surface area contributed by atoms with Gasteiger partial charge < -0.3 is 9.80 Å². The molecule has 1 aromatic heterocycles. The molecule has 120 valence electrons. The van der Waals surface area contributed by atoms with Gasteiger partial charge in [0.15, 0.2) is 0 Å².